The van der Waals surface area contributed by atoms with Crippen molar-refractivity contribution in [1.82, 2.24) is 0 Å². The summed E-state index contributed by atoms with van der Waals surface area (Å²) in [6, 6.07) is 9.82. The second-order valence-electron chi connectivity index (χ2n) is 6.10. The fourth-order valence-electron chi connectivity index (χ4n) is 2.81. The maximum Gasteiger partial charge on any atom is 0.305 e. The van der Waals surface area contributed by atoms with Crippen LogP contribution in [0, 0.1) is 0 Å². The SMILES string of the molecule is CCC(=O)OCC(C)c1ccc2c(c1)S(=O)(=O)c1ccccc1S2(=O)=O. The first-order valence-corrected chi connectivity index (χ1v) is 11.0. The molecule has 1 atom stereocenters. The highest BCUT2D eigenvalue weighted by Crippen LogP contribution is 2.41. The van der Waals surface area contributed by atoms with Gasteiger partial charge in [-0.1, -0.05) is 32.0 Å². The van der Waals surface area contributed by atoms with Crippen molar-refractivity contribution >= 4 is 25.6 Å². The summed E-state index contributed by atoms with van der Waals surface area (Å²) in [7, 11) is -7.86. The highest BCUT2D eigenvalue weighted by Gasteiger charge is 2.39. The molecule has 0 saturated carbocycles. The minimum Gasteiger partial charge on any atom is -0.465 e. The molecule has 0 bridgehead atoms. The lowest BCUT2D eigenvalue weighted by Gasteiger charge is -2.21. The number of ether oxygens (including phenoxy) is 1. The molecule has 138 valence electrons. The number of benzene rings is 2. The molecule has 0 amide bonds. The van der Waals surface area contributed by atoms with Crippen molar-refractivity contribution in [3.05, 3.63) is 48.0 Å². The van der Waals surface area contributed by atoms with Crippen molar-refractivity contribution in [1.29, 1.82) is 0 Å². The maximum atomic E-state index is 12.9. The van der Waals surface area contributed by atoms with Crippen molar-refractivity contribution in [3.8, 4) is 0 Å². The minimum absolute atomic E-state index is 0.0921. The number of hydrogen-bond donors (Lipinski definition) is 0. The first-order chi connectivity index (χ1) is 12.2. The zero-order valence-electron chi connectivity index (χ0n) is 14.3. The van der Waals surface area contributed by atoms with E-state index in [0.29, 0.717) is 5.56 Å². The molecule has 1 unspecified atom stereocenters. The summed E-state index contributed by atoms with van der Waals surface area (Å²) in [5, 5.41) is 0. The van der Waals surface area contributed by atoms with Crippen LogP contribution in [0.1, 0.15) is 31.7 Å². The molecule has 0 saturated heterocycles. The summed E-state index contributed by atoms with van der Waals surface area (Å²) < 4.78 is 56.5. The average molecular weight is 394 g/mol. The molecule has 0 N–H and O–H groups in total. The molecular weight excluding hydrogens is 376 g/mol. The Kier molecular flexibility index (Phi) is 4.66. The summed E-state index contributed by atoms with van der Waals surface area (Å²) in [4.78, 5) is 10.4. The molecule has 3 rings (SSSR count). The van der Waals surface area contributed by atoms with Crippen molar-refractivity contribution in [2.75, 3.05) is 6.61 Å². The molecule has 2 aromatic rings. The zero-order chi connectivity index (χ0) is 19.1. The molecule has 0 fully saturated rings. The second-order valence-corrected chi connectivity index (χ2v) is 9.87. The van der Waals surface area contributed by atoms with Crippen molar-refractivity contribution in [2.24, 2.45) is 0 Å². The average Bonchev–Trinajstić information content (AvgIpc) is 2.64. The van der Waals surface area contributed by atoms with Crippen LogP contribution in [0.15, 0.2) is 62.0 Å². The molecule has 0 aromatic heterocycles. The van der Waals surface area contributed by atoms with E-state index >= 15 is 0 Å². The molecule has 0 aliphatic carbocycles. The summed E-state index contributed by atoms with van der Waals surface area (Å²) >= 11 is 0. The minimum atomic E-state index is -3.95. The van der Waals surface area contributed by atoms with Crippen LogP contribution >= 0.6 is 0 Å². The van der Waals surface area contributed by atoms with Gasteiger partial charge in [-0.05, 0) is 29.8 Å². The third-order valence-electron chi connectivity index (χ3n) is 4.33. The van der Waals surface area contributed by atoms with Crippen LogP contribution < -0.4 is 0 Å². The van der Waals surface area contributed by atoms with E-state index in [1.165, 1.54) is 36.4 Å². The molecule has 6 nitrogen and oxygen atoms in total. The van der Waals surface area contributed by atoms with Crippen LogP contribution in [0.25, 0.3) is 0 Å². The standard InChI is InChI=1S/C18H18O6S2/c1-3-18(19)24-11-12(2)13-8-9-16-17(10-13)26(22,23)15-7-5-4-6-14(15)25(16,20)21/h4-10,12H,3,11H2,1-2H3. The summed E-state index contributed by atoms with van der Waals surface area (Å²) in [6.45, 7) is 3.55. The Morgan fingerprint density at radius 2 is 1.46 bits per heavy atom. The van der Waals surface area contributed by atoms with Crippen molar-refractivity contribution < 1.29 is 26.4 Å². The molecule has 2 aromatic carbocycles. The van der Waals surface area contributed by atoms with E-state index in [4.69, 9.17) is 4.74 Å². The van der Waals surface area contributed by atoms with E-state index in [-0.39, 0.29) is 44.5 Å². The lowest BCUT2D eigenvalue weighted by atomic mass is 10.0. The van der Waals surface area contributed by atoms with E-state index in [1.54, 1.807) is 19.9 Å². The van der Waals surface area contributed by atoms with Gasteiger partial charge in [0.05, 0.1) is 26.2 Å². The van der Waals surface area contributed by atoms with Gasteiger partial charge in [-0.25, -0.2) is 16.8 Å². The molecule has 1 aliphatic rings. The fraction of sp³-hybridized carbons (Fsp3) is 0.278. The summed E-state index contributed by atoms with van der Waals surface area (Å²) in [5.74, 6) is -0.621. The molecule has 8 heteroatoms. The van der Waals surface area contributed by atoms with Crippen LogP contribution in [0.3, 0.4) is 0 Å². The fourth-order valence-corrected chi connectivity index (χ4v) is 6.98. The number of fused-ring (bicyclic) bond motifs is 2. The Morgan fingerprint density at radius 1 is 0.923 bits per heavy atom. The molecular formula is C18H18O6S2. The van der Waals surface area contributed by atoms with Gasteiger partial charge in [0.1, 0.15) is 0 Å². The first kappa shape index (κ1) is 18.6. The Hall–Kier alpha value is -2.19. The third-order valence-corrected chi connectivity index (χ3v) is 8.31. The Labute approximate surface area is 152 Å². The number of hydrogen-bond acceptors (Lipinski definition) is 6. The van der Waals surface area contributed by atoms with Gasteiger partial charge in [0.2, 0.25) is 19.7 Å². The zero-order valence-corrected chi connectivity index (χ0v) is 15.9. The number of carbonyl (C=O) groups excluding carboxylic acids is 1. The molecule has 0 radical (unpaired) electrons. The van der Waals surface area contributed by atoms with Crippen LogP contribution in [0.2, 0.25) is 0 Å². The van der Waals surface area contributed by atoms with Crippen molar-refractivity contribution in [2.45, 2.75) is 45.8 Å². The first-order valence-electron chi connectivity index (χ1n) is 8.08. The van der Waals surface area contributed by atoms with Gasteiger partial charge in [-0.2, -0.15) is 0 Å². The molecule has 1 aliphatic heterocycles. The van der Waals surface area contributed by atoms with E-state index in [9.17, 15) is 21.6 Å². The van der Waals surface area contributed by atoms with Gasteiger partial charge in [-0.15, -0.1) is 0 Å². The van der Waals surface area contributed by atoms with Crippen LogP contribution in [0.5, 0.6) is 0 Å². The van der Waals surface area contributed by atoms with Gasteiger partial charge in [-0.3, -0.25) is 4.79 Å². The van der Waals surface area contributed by atoms with Crippen LogP contribution in [-0.2, 0) is 29.2 Å². The predicted octanol–water partition coefficient (Wildman–Crippen LogP) is 2.72. The van der Waals surface area contributed by atoms with Gasteiger partial charge in [0.15, 0.2) is 0 Å². The Bertz CT molecular complexity index is 1080. The lowest BCUT2D eigenvalue weighted by molar-refractivity contribution is -0.143. The summed E-state index contributed by atoms with van der Waals surface area (Å²) in [6.07, 6.45) is 0.250. The Balaban J connectivity index is 2.09. The third kappa shape index (κ3) is 2.93. The summed E-state index contributed by atoms with van der Waals surface area (Å²) in [5.41, 5.74) is 0.589. The quantitative estimate of drug-likeness (QED) is 0.632. The van der Waals surface area contributed by atoms with Gasteiger partial charge in [0.25, 0.3) is 0 Å². The highest BCUT2D eigenvalue weighted by atomic mass is 32.2. The smallest absolute Gasteiger partial charge is 0.305 e. The number of sulfone groups is 2. The Morgan fingerprint density at radius 3 is 2.04 bits per heavy atom. The van der Waals surface area contributed by atoms with Gasteiger partial charge in [0, 0.05) is 12.3 Å². The van der Waals surface area contributed by atoms with Crippen LogP contribution in [0.4, 0.5) is 0 Å². The number of carbonyl (C=O) groups is 1. The van der Waals surface area contributed by atoms with E-state index in [0.717, 1.165) is 0 Å². The largest absolute Gasteiger partial charge is 0.465 e. The highest BCUT2D eigenvalue weighted by molar-refractivity contribution is 7.97. The second kappa shape index (κ2) is 6.51. The molecule has 1 heterocycles. The van der Waals surface area contributed by atoms with Gasteiger partial charge < -0.3 is 4.74 Å². The topological polar surface area (TPSA) is 94.6 Å². The molecule has 0 spiro atoms. The maximum absolute atomic E-state index is 12.9. The predicted molar refractivity (Wildman–Crippen MR) is 93.5 cm³/mol. The van der Waals surface area contributed by atoms with E-state index < -0.39 is 19.7 Å². The molecule has 26 heavy (non-hydrogen) atoms. The van der Waals surface area contributed by atoms with Crippen LogP contribution in [-0.4, -0.2) is 29.4 Å². The van der Waals surface area contributed by atoms with E-state index in [2.05, 4.69) is 0 Å². The van der Waals surface area contributed by atoms with Crippen molar-refractivity contribution in [3.63, 3.8) is 0 Å². The number of rotatable bonds is 4. The van der Waals surface area contributed by atoms with E-state index in [1.807, 2.05) is 0 Å². The number of esters is 1. The van der Waals surface area contributed by atoms with Gasteiger partial charge >= 0.3 is 5.97 Å². The normalized spacial score (nSPS) is 17.6. The monoisotopic (exact) mass is 394 g/mol. The lowest BCUT2D eigenvalue weighted by Crippen LogP contribution is -2.20.